The van der Waals surface area contributed by atoms with Crippen LogP contribution in [0.25, 0.3) is 0 Å². The van der Waals surface area contributed by atoms with Gasteiger partial charge in [0.25, 0.3) is 0 Å². The number of carbonyl (C=O) groups excluding carboxylic acids is 2. The van der Waals surface area contributed by atoms with E-state index >= 15 is 0 Å². The zero-order valence-electron chi connectivity index (χ0n) is 5.81. The van der Waals surface area contributed by atoms with E-state index in [4.69, 9.17) is 5.11 Å². The number of rotatable bonds is 3. The van der Waals surface area contributed by atoms with Gasteiger partial charge in [-0.15, -0.1) is 11.3 Å². The van der Waals surface area contributed by atoms with Gasteiger partial charge in [0.2, 0.25) is 0 Å². The number of hydrogen-bond donors (Lipinski definition) is 1. The molecule has 0 saturated carbocycles. The molecule has 0 spiro atoms. The number of carboxylic acid groups (broad SMARTS) is 1. The molecule has 0 aromatic carbocycles. The maximum absolute atomic E-state index is 10.4. The summed E-state index contributed by atoms with van der Waals surface area (Å²) in [7, 11) is 0. The molecular formula is C7H4O4S. The summed E-state index contributed by atoms with van der Waals surface area (Å²) >= 11 is 0.871. The SMILES string of the molecule is O=Cc1csc(C(=O)O)c1C=O. The van der Waals surface area contributed by atoms with E-state index < -0.39 is 5.97 Å². The molecule has 0 fully saturated rings. The van der Waals surface area contributed by atoms with Crippen LogP contribution in [0, 0.1) is 0 Å². The molecule has 4 nitrogen and oxygen atoms in total. The number of thiophene rings is 1. The van der Waals surface area contributed by atoms with Crippen molar-refractivity contribution in [3.8, 4) is 0 Å². The molecule has 1 heterocycles. The van der Waals surface area contributed by atoms with Gasteiger partial charge in [-0.05, 0) is 0 Å². The highest BCUT2D eigenvalue weighted by Gasteiger charge is 2.15. The first-order chi connectivity index (χ1) is 5.70. The minimum Gasteiger partial charge on any atom is -0.477 e. The minimum atomic E-state index is -1.18. The van der Waals surface area contributed by atoms with Crippen molar-refractivity contribution in [2.75, 3.05) is 0 Å². The first-order valence-corrected chi connectivity index (χ1v) is 3.83. The van der Waals surface area contributed by atoms with Crippen LogP contribution in [0.2, 0.25) is 0 Å². The van der Waals surface area contributed by atoms with Crippen LogP contribution >= 0.6 is 11.3 Å². The van der Waals surface area contributed by atoms with E-state index in [1.165, 1.54) is 5.38 Å². The summed E-state index contributed by atoms with van der Waals surface area (Å²) in [5.74, 6) is -1.18. The summed E-state index contributed by atoms with van der Waals surface area (Å²) in [6, 6.07) is 0. The third-order valence-electron chi connectivity index (χ3n) is 1.30. The zero-order valence-corrected chi connectivity index (χ0v) is 6.63. The molecule has 0 atom stereocenters. The van der Waals surface area contributed by atoms with Crippen LogP contribution in [0.4, 0.5) is 0 Å². The number of carboxylic acids is 1. The molecule has 0 amide bonds. The molecule has 0 bridgehead atoms. The summed E-state index contributed by atoms with van der Waals surface area (Å²) in [5.41, 5.74) is 0.0925. The van der Waals surface area contributed by atoms with Gasteiger partial charge in [-0.1, -0.05) is 0 Å². The Kier molecular flexibility index (Phi) is 2.35. The van der Waals surface area contributed by atoms with E-state index in [0.29, 0.717) is 12.6 Å². The van der Waals surface area contributed by atoms with Crippen LogP contribution in [0.5, 0.6) is 0 Å². The predicted octanol–water partition coefficient (Wildman–Crippen LogP) is 1.07. The van der Waals surface area contributed by atoms with E-state index in [0.717, 1.165) is 11.3 Å². The third-order valence-corrected chi connectivity index (χ3v) is 2.30. The van der Waals surface area contributed by atoms with Gasteiger partial charge >= 0.3 is 5.97 Å². The van der Waals surface area contributed by atoms with Crippen molar-refractivity contribution in [3.05, 3.63) is 21.4 Å². The Morgan fingerprint density at radius 3 is 2.50 bits per heavy atom. The van der Waals surface area contributed by atoms with Gasteiger partial charge in [-0.25, -0.2) is 4.79 Å². The maximum atomic E-state index is 10.4. The van der Waals surface area contributed by atoms with Gasteiger partial charge in [-0.3, -0.25) is 9.59 Å². The van der Waals surface area contributed by atoms with E-state index in [2.05, 4.69) is 0 Å². The van der Waals surface area contributed by atoms with Gasteiger partial charge in [0.05, 0.1) is 5.56 Å². The highest BCUT2D eigenvalue weighted by Crippen LogP contribution is 2.19. The lowest BCUT2D eigenvalue weighted by atomic mass is 10.2. The molecule has 0 aliphatic heterocycles. The first-order valence-electron chi connectivity index (χ1n) is 2.95. The van der Waals surface area contributed by atoms with Crippen molar-refractivity contribution in [3.63, 3.8) is 0 Å². The van der Waals surface area contributed by atoms with Crippen LogP contribution in [0.1, 0.15) is 30.4 Å². The van der Waals surface area contributed by atoms with Crippen LogP contribution in [0.15, 0.2) is 5.38 Å². The van der Waals surface area contributed by atoms with Crippen molar-refractivity contribution in [2.24, 2.45) is 0 Å². The predicted molar refractivity (Wildman–Crippen MR) is 42.1 cm³/mol. The Hall–Kier alpha value is -1.49. The second-order valence-corrected chi connectivity index (χ2v) is 2.85. The molecule has 12 heavy (non-hydrogen) atoms. The van der Waals surface area contributed by atoms with E-state index in [1.54, 1.807) is 0 Å². The number of carbonyl (C=O) groups is 3. The quantitative estimate of drug-likeness (QED) is 0.713. The smallest absolute Gasteiger partial charge is 0.346 e. The minimum absolute atomic E-state index is 0.0394. The summed E-state index contributed by atoms with van der Waals surface area (Å²) in [6.07, 6.45) is 0.844. The molecule has 62 valence electrons. The zero-order chi connectivity index (χ0) is 9.14. The molecule has 0 aliphatic rings. The lowest BCUT2D eigenvalue weighted by Gasteiger charge is -1.88. The standard InChI is InChI=1S/C7H4O4S/c8-1-4-3-12-6(7(10)11)5(4)2-9/h1-3H,(H,10,11). The van der Waals surface area contributed by atoms with Crippen molar-refractivity contribution in [2.45, 2.75) is 0 Å². The Morgan fingerprint density at radius 2 is 2.08 bits per heavy atom. The number of hydrogen-bond acceptors (Lipinski definition) is 4. The monoisotopic (exact) mass is 184 g/mol. The van der Waals surface area contributed by atoms with Gasteiger partial charge in [0.15, 0.2) is 12.6 Å². The molecule has 5 heteroatoms. The van der Waals surface area contributed by atoms with Gasteiger partial charge < -0.3 is 5.11 Å². The van der Waals surface area contributed by atoms with Crippen molar-refractivity contribution < 1.29 is 19.5 Å². The highest BCUT2D eigenvalue weighted by molar-refractivity contribution is 7.12. The van der Waals surface area contributed by atoms with Gasteiger partial charge in [0.1, 0.15) is 4.88 Å². The van der Waals surface area contributed by atoms with Crippen LogP contribution in [0.3, 0.4) is 0 Å². The molecule has 0 aliphatic carbocycles. The largest absolute Gasteiger partial charge is 0.477 e. The summed E-state index contributed by atoms with van der Waals surface area (Å²) in [5, 5.41) is 9.89. The Bertz CT molecular complexity index is 339. The second-order valence-electron chi connectivity index (χ2n) is 1.97. The summed E-state index contributed by atoms with van der Waals surface area (Å²) in [4.78, 5) is 31.0. The average molecular weight is 184 g/mol. The first kappa shape index (κ1) is 8.61. The average Bonchev–Trinajstić information content (AvgIpc) is 2.46. The summed E-state index contributed by atoms with van der Waals surface area (Å²) < 4.78 is 0. The molecular weight excluding hydrogens is 180 g/mol. The van der Waals surface area contributed by atoms with Gasteiger partial charge in [0, 0.05) is 10.9 Å². The van der Waals surface area contributed by atoms with Crippen molar-refractivity contribution in [1.29, 1.82) is 0 Å². The molecule has 0 saturated heterocycles. The Morgan fingerprint density at radius 1 is 1.42 bits per heavy atom. The fourth-order valence-electron chi connectivity index (χ4n) is 0.759. The Labute approximate surface area is 71.4 Å². The molecule has 0 radical (unpaired) electrons. The fraction of sp³-hybridized carbons (Fsp3) is 0. The molecule has 0 unspecified atom stereocenters. The number of aldehydes is 2. The van der Waals surface area contributed by atoms with Crippen LogP contribution in [-0.2, 0) is 0 Å². The lowest BCUT2D eigenvalue weighted by Crippen LogP contribution is -1.98. The normalized spacial score (nSPS) is 9.33. The molecule has 1 aromatic rings. The summed E-state index contributed by atoms with van der Waals surface area (Å²) in [6.45, 7) is 0. The fourth-order valence-corrected chi connectivity index (χ4v) is 1.58. The topological polar surface area (TPSA) is 71.4 Å². The van der Waals surface area contributed by atoms with Gasteiger partial charge in [-0.2, -0.15) is 0 Å². The number of aromatic carboxylic acids is 1. The third kappa shape index (κ3) is 1.26. The van der Waals surface area contributed by atoms with E-state index in [1.807, 2.05) is 0 Å². The second kappa shape index (κ2) is 3.27. The highest BCUT2D eigenvalue weighted by atomic mass is 32.1. The maximum Gasteiger partial charge on any atom is 0.346 e. The van der Waals surface area contributed by atoms with Crippen molar-refractivity contribution >= 4 is 29.9 Å². The van der Waals surface area contributed by atoms with Crippen LogP contribution < -0.4 is 0 Å². The molecule has 1 aromatic heterocycles. The molecule has 1 rings (SSSR count). The van der Waals surface area contributed by atoms with Crippen molar-refractivity contribution in [1.82, 2.24) is 0 Å². The van der Waals surface area contributed by atoms with E-state index in [-0.39, 0.29) is 16.0 Å². The molecule has 1 N–H and O–H groups in total. The van der Waals surface area contributed by atoms with E-state index in [9.17, 15) is 14.4 Å². The Balaban J connectivity index is 3.31. The lowest BCUT2D eigenvalue weighted by molar-refractivity contribution is 0.0699. The van der Waals surface area contributed by atoms with Crippen LogP contribution in [-0.4, -0.2) is 23.6 Å².